The predicted octanol–water partition coefficient (Wildman–Crippen LogP) is 3.80. The van der Waals surface area contributed by atoms with E-state index in [0.717, 1.165) is 29.6 Å². The molecular weight excluding hydrogens is 354 g/mol. The van der Waals surface area contributed by atoms with E-state index in [0.29, 0.717) is 5.95 Å². The number of anilines is 2. The molecule has 0 radical (unpaired) electrons. The van der Waals surface area contributed by atoms with Crippen molar-refractivity contribution in [1.82, 2.24) is 19.7 Å². The molecule has 1 aliphatic carbocycles. The second kappa shape index (κ2) is 6.45. The van der Waals surface area contributed by atoms with Crippen LogP contribution in [0.3, 0.4) is 0 Å². The maximum atomic E-state index is 11.0. The summed E-state index contributed by atoms with van der Waals surface area (Å²) in [6.45, 7) is 0. The molecule has 0 spiro atoms. The number of carboxylic acids is 1. The number of nitrogens with one attached hydrogen (secondary N) is 1. The van der Waals surface area contributed by atoms with Crippen LogP contribution in [0.25, 0.3) is 11.0 Å². The van der Waals surface area contributed by atoms with Gasteiger partial charge in [-0.05, 0) is 48.2 Å². The second-order valence-electron chi connectivity index (χ2n) is 6.82. The van der Waals surface area contributed by atoms with Gasteiger partial charge in [0.1, 0.15) is 0 Å². The minimum atomic E-state index is -0.954. The van der Waals surface area contributed by atoms with Gasteiger partial charge in [-0.15, -0.1) is 0 Å². The lowest BCUT2D eigenvalue weighted by Crippen LogP contribution is -2.10. The third kappa shape index (κ3) is 2.77. The van der Waals surface area contributed by atoms with Gasteiger partial charge in [-0.2, -0.15) is 10.1 Å². The number of hydrogen-bond donors (Lipinski definition) is 2. The van der Waals surface area contributed by atoms with Gasteiger partial charge in [0.15, 0.2) is 5.65 Å². The molecule has 1 atom stereocenters. The monoisotopic (exact) mass is 371 g/mol. The molecule has 7 heteroatoms. The molecule has 0 bridgehead atoms. The van der Waals surface area contributed by atoms with Crippen LogP contribution in [0.4, 0.5) is 11.6 Å². The summed E-state index contributed by atoms with van der Waals surface area (Å²) in [6.07, 6.45) is 5.58. The number of rotatable bonds is 4. The van der Waals surface area contributed by atoms with Crippen LogP contribution in [0.1, 0.15) is 33.9 Å². The zero-order chi connectivity index (χ0) is 19.1. The smallest absolute Gasteiger partial charge is 0.335 e. The maximum absolute atomic E-state index is 11.0. The average molecular weight is 371 g/mol. The summed E-state index contributed by atoms with van der Waals surface area (Å²) >= 11 is 0. The van der Waals surface area contributed by atoms with Crippen molar-refractivity contribution in [2.24, 2.45) is 0 Å². The van der Waals surface area contributed by atoms with Crippen molar-refractivity contribution < 1.29 is 9.90 Å². The Morgan fingerprint density at radius 3 is 2.75 bits per heavy atom. The Hall–Kier alpha value is -3.74. The summed E-state index contributed by atoms with van der Waals surface area (Å²) in [7, 11) is 0. The number of benzene rings is 2. The molecule has 0 fully saturated rings. The molecule has 4 aromatic rings. The Morgan fingerprint density at radius 2 is 1.93 bits per heavy atom. The van der Waals surface area contributed by atoms with Gasteiger partial charge in [0, 0.05) is 11.9 Å². The molecule has 0 unspecified atom stereocenters. The van der Waals surface area contributed by atoms with Crippen molar-refractivity contribution in [1.29, 1.82) is 0 Å². The van der Waals surface area contributed by atoms with Gasteiger partial charge in [0.25, 0.3) is 0 Å². The Bertz CT molecular complexity index is 1180. The van der Waals surface area contributed by atoms with Crippen LogP contribution < -0.4 is 5.32 Å². The molecule has 0 amide bonds. The van der Waals surface area contributed by atoms with Crippen LogP contribution in [0.2, 0.25) is 0 Å². The summed E-state index contributed by atoms with van der Waals surface area (Å²) < 4.78 is 1.97. The van der Waals surface area contributed by atoms with Gasteiger partial charge < -0.3 is 10.4 Å². The van der Waals surface area contributed by atoms with Gasteiger partial charge in [-0.25, -0.2) is 14.5 Å². The Kier molecular flexibility index (Phi) is 3.79. The summed E-state index contributed by atoms with van der Waals surface area (Å²) in [6, 6.07) is 15.1. The van der Waals surface area contributed by atoms with Crippen molar-refractivity contribution in [3.05, 3.63) is 77.6 Å². The predicted molar refractivity (Wildman–Crippen MR) is 105 cm³/mol. The van der Waals surface area contributed by atoms with E-state index in [1.807, 2.05) is 4.68 Å². The first-order valence-corrected chi connectivity index (χ1v) is 9.07. The lowest BCUT2D eigenvalue weighted by molar-refractivity contribution is 0.0697. The molecule has 0 saturated heterocycles. The Morgan fingerprint density at radius 1 is 1.11 bits per heavy atom. The molecule has 2 N–H and O–H groups in total. The van der Waals surface area contributed by atoms with Gasteiger partial charge >= 0.3 is 5.97 Å². The van der Waals surface area contributed by atoms with Crippen molar-refractivity contribution >= 4 is 28.6 Å². The fourth-order valence-electron chi connectivity index (χ4n) is 3.74. The molecule has 1 aliphatic rings. The Balaban J connectivity index is 1.48. The highest BCUT2D eigenvalue weighted by Crippen LogP contribution is 2.35. The summed E-state index contributed by atoms with van der Waals surface area (Å²) in [5.74, 6) is -0.506. The zero-order valence-corrected chi connectivity index (χ0v) is 14.9. The molecule has 2 aromatic heterocycles. The number of aromatic carboxylic acids is 1. The zero-order valence-electron chi connectivity index (χ0n) is 14.9. The van der Waals surface area contributed by atoms with E-state index in [1.165, 1.54) is 11.1 Å². The molecule has 5 rings (SSSR count). The standard InChI is InChI=1S/C21H17N5O2/c27-20(28)14-5-8-16(9-6-14)24-21-22-11-15-12-23-26(19(15)25-21)18-10-7-13-3-1-2-4-17(13)18/h1-6,8-9,11-12,18H,7,10H2,(H,27,28)(H,22,24,25)/t18-/m0/s1. The minimum absolute atomic E-state index is 0.173. The normalized spacial score (nSPS) is 15.5. The number of hydrogen-bond acceptors (Lipinski definition) is 5. The lowest BCUT2D eigenvalue weighted by Gasteiger charge is -2.13. The molecule has 138 valence electrons. The van der Waals surface area contributed by atoms with E-state index in [4.69, 9.17) is 5.11 Å². The molecule has 0 aliphatic heterocycles. The highest BCUT2D eigenvalue weighted by atomic mass is 16.4. The number of carbonyl (C=O) groups is 1. The number of carboxylic acid groups (broad SMARTS) is 1. The summed E-state index contributed by atoms with van der Waals surface area (Å²) in [5.41, 5.74) is 4.40. The Labute approximate surface area is 160 Å². The van der Waals surface area contributed by atoms with Crippen LogP contribution >= 0.6 is 0 Å². The van der Waals surface area contributed by atoms with Crippen molar-refractivity contribution in [2.75, 3.05) is 5.32 Å². The largest absolute Gasteiger partial charge is 0.478 e. The highest BCUT2D eigenvalue weighted by molar-refractivity contribution is 5.88. The third-order valence-corrected chi connectivity index (χ3v) is 5.12. The van der Waals surface area contributed by atoms with E-state index in [2.05, 4.69) is 44.6 Å². The quantitative estimate of drug-likeness (QED) is 0.567. The molecule has 2 aromatic carbocycles. The topological polar surface area (TPSA) is 92.9 Å². The number of nitrogens with zero attached hydrogens (tertiary/aromatic N) is 4. The van der Waals surface area contributed by atoms with Crippen LogP contribution in [0.5, 0.6) is 0 Å². The maximum Gasteiger partial charge on any atom is 0.335 e. The van der Waals surface area contributed by atoms with Crippen LogP contribution in [0.15, 0.2) is 60.9 Å². The second-order valence-corrected chi connectivity index (χ2v) is 6.82. The fraction of sp³-hybridized carbons (Fsp3) is 0.143. The number of aromatic nitrogens is 4. The van der Waals surface area contributed by atoms with E-state index in [9.17, 15) is 4.79 Å². The van der Waals surface area contributed by atoms with Crippen molar-refractivity contribution in [2.45, 2.75) is 18.9 Å². The van der Waals surface area contributed by atoms with E-state index in [1.54, 1.807) is 36.7 Å². The number of aryl methyl sites for hydroxylation is 1. The highest BCUT2D eigenvalue weighted by Gasteiger charge is 2.26. The van der Waals surface area contributed by atoms with Gasteiger partial charge in [-0.3, -0.25) is 0 Å². The van der Waals surface area contributed by atoms with Crippen LogP contribution in [-0.2, 0) is 6.42 Å². The average Bonchev–Trinajstić information content (AvgIpc) is 3.32. The van der Waals surface area contributed by atoms with Crippen molar-refractivity contribution in [3.63, 3.8) is 0 Å². The molecular formula is C21H17N5O2. The SMILES string of the molecule is O=C(O)c1ccc(Nc2ncc3cnn([C@H]4CCc5ccccc54)c3n2)cc1. The van der Waals surface area contributed by atoms with Crippen molar-refractivity contribution in [3.8, 4) is 0 Å². The fourth-order valence-corrected chi connectivity index (χ4v) is 3.74. The summed E-state index contributed by atoms with van der Waals surface area (Å²) in [5, 5.41) is 17.6. The number of fused-ring (bicyclic) bond motifs is 2. The first-order chi connectivity index (χ1) is 13.7. The van der Waals surface area contributed by atoms with Crippen LogP contribution in [0, 0.1) is 0 Å². The van der Waals surface area contributed by atoms with Gasteiger partial charge in [0.2, 0.25) is 5.95 Å². The van der Waals surface area contributed by atoms with E-state index < -0.39 is 5.97 Å². The molecule has 7 nitrogen and oxygen atoms in total. The van der Waals surface area contributed by atoms with Crippen LogP contribution in [-0.4, -0.2) is 30.8 Å². The van der Waals surface area contributed by atoms with Gasteiger partial charge in [-0.1, -0.05) is 24.3 Å². The van der Waals surface area contributed by atoms with Gasteiger partial charge in [0.05, 0.1) is 23.2 Å². The molecule has 2 heterocycles. The minimum Gasteiger partial charge on any atom is -0.478 e. The third-order valence-electron chi connectivity index (χ3n) is 5.12. The van der Waals surface area contributed by atoms with E-state index >= 15 is 0 Å². The van der Waals surface area contributed by atoms with E-state index in [-0.39, 0.29) is 11.6 Å². The lowest BCUT2D eigenvalue weighted by atomic mass is 10.1. The first kappa shape index (κ1) is 16.4. The molecule has 0 saturated carbocycles. The first-order valence-electron chi connectivity index (χ1n) is 9.07. The molecule has 28 heavy (non-hydrogen) atoms. The summed E-state index contributed by atoms with van der Waals surface area (Å²) in [4.78, 5) is 20.0.